The van der Waals surface area contributed by atoms with E-state index in [1.54, 1.807) is 0 Å². The smallest absolute Gasteiger partial charge is 0.119 e. The molecule has 0 nitrogen and oxygen atoms in total. The first kappa shape index (κ1) is 11.5. The summed E-state index contributed by atoms with van der Waals surface area (Å²) in [5.41, 5.74) is -2.03. The van der Waals surface area contributed by atoms with Gasteiger partial charge in [-0.05, 0) is 19.1 Å². The van der Waals surface area contributed by atoms with Crippen molar-refractivity contribution in [3.05, 3.63) is 0 Å². The van der Waals surface area contributed by atoms with Gasteiger partial charge < -0.3 is 0 Å². The third-order valence-corrected chi connectivity index (χ3v) is 1.97. The average molecular weight is 166 g/mol. The van der Waals surface area contributed by atoms with E-state index in [0.29, 0.717) is 18.6 Å². The second-order valence-electron chi connectivity index (χ2n) is 2.94. The molecule has 0 N–H and O–H groups in total. The molecule has 0 saturated heterocycles. The number of alkyl halides is 1. The van der Waals surface area contributed by atoms with E-state index in [1.807, 2.05) is 0 Å². The Bertz CT molecular complexity index is 121. The molecule has 0 saturated carbocycles. The molecule has 0 amide bonds. The Morgan fingerprint density at radius 2 is 1.82 bits per heavy atom. The molecule has 0 aliphatic carbocycles. The summed E-state index contributed by atoms with van der Waals surface area (Å²) in [5, 5.41) is -1.45. The molecule has 0 aromatic heterocycles. The van der Waals surface area contributed by atoms with Gasteiger partial charge in [-0.3, -0.25) is 4.39 Å². The molecule has 0 heterocycles. The summed E-state index contributed by atoms with van der Waals surface area (Å²) in [6.45, 7) is 1.17. The number of rotatable bonds is 4. The molecule has 0 fully saturated rings. The Labute approximate surface area is 77.3 Å². The van der Waals surface area contributed by atoms with Crippen molar-refractivity contribution in [3.8, 4) is 0 Å². The number of hydrogen-bond donors (Lipinski definition) is 1. The van der Waals surface area contributed by atoms with Gasteiger partial charge in [0.2, 0.25) is 0 Å². The van der Waals surface area contributed by atoms with Gasteiger partial charge in [-0.2, -0.15) is 12.6 Å². The summed E-state index contributed by atoms with van der Waals surface area (Å²) in [4.78, 5) is 0. The summed E-state index contributed by atoms with van der Waals surface area (Å²) < 4.78 is 13.0. The van der Waals surface area contributed by atoms with Crippen molar-refractivity contribution in [3.63, 3.8) is 0 Å². The van der Waals surface area contributed by atoms with Crippen molar-refractivity contribution in [1.29, 1.82) is 0 Å². The van der Waals surface area contributed by atoms with Gasteiger partial charge in [-0.25, -0.2) is 0 Å². The summed E-state index contributed by atoms with van der Waals surface area (Å²) in [6, 6.07) is 0. The molecule has 56 valence electrons. The topological polar surface area (TPSA) is 0 Å². The Hall–Kier alpha value is 0.475. The van der Waals surface area contributed by atoms with Gasteiger partial charge >= 0.3 is 0 Å². The summed E-state index contributed by atoms with van der Waals surface area (Å²) in [5.74, 6) is 0.631. The molecule has 0 aromatic carbocycles. The van der Waals surface area contributed by atoms with Gasteiger partial charge in [0.1, 0.15) is 7.85 Å². The lowest BCUT2D eigenvalue weighted by Gasteiger charge is -2.36. The third kappa shape index (κ3) is 3.59. The Morgan fingerprint density at radius 3 is 2.09 bits per heavy atom. The first-order valence-electron chi connectivity index (χ1n) is 3.47. The average Bonchev–Trinajstić information content (AvgIpc) is 1.81. The Morgan fingerprint density at radius 1 is 1.36 bits per heavy atom. The second-order valence-corrected chi connectivity index (χ2v) is 3.39. The van der Waals surface area contributed by atoms with Gasteiger partial charge in [-0.15, -0.1) is 0 Å². The third-order valence-electron chi connectivity index (χ3n) is 1.66. The first-order valence-corrected chi connectivity index (χ1v) is 4.11. The van der Waals surface area contributed by atoms with Crippen LogP contribution in [-0.4, -0.2) is 34.9 Å². The Kier molecular flexibility index (Phi) is 4.10. The molecule has 11 heavy (non-hydrogen) atoms. The van der Waals surface area contributed by atoms with Crippen LogP contribution in [-0.2, 0) is 0 Å². The summed E-state index contributed by atoms with van der Waals surface area (Å²) in [6.07, 6.45) is 0.993. The minimum absolute atomic E-state index is 0.333. The van der Waals surface area contributed by atoms with Crippen molar-refractivity contribution in [1.82, 2.24) is 0 Å². The fourth-order valence-corrected chi connectivity index (χ4v) is 0.774. The quantitative estimate of drug-likeness (QED) is 0.467. The lowest BCUT2D eigenvalue weighted by Crippen LogP contribution is -2.37. The van der Waals surface area contributed by atoms with E-state index in [9.17, 15) is 4.39 Å². The zero-order chi connectivity index (χ0) is 9.12. The van der Waals surface area contributed by atoms with Crippen molar-refractivity contribution in [2.45, 2.75) is 30.5 Å². The second kappa shape index (κ2) is 3.93. The molecule has 0 aromatic rings. The van der Waals surface area contributed by atoms with Crippen LogP contribution in [0.25, 0.3) is 0 Å². The van der Waals surface area contributed by atoms with Crippen LogP contribution >= 0.6 is 12.6 Å². The lowest BCUT2D eigenvalue weighted by molar-refractivity contribution is 0.257. The molecule has 6 radical (unpaired) electrons. The predicted molar refractivity (Wildman–Crippen MR) is 52.6 cm³/mol. The van der Waals surface area contributed by atoms with Crippen molar-refractivity contribution < 1.29 is 4.39 Å². The molecule has 0 aliphatic rings. The zero-order valence-corrected chi connectivity index (χ0v) is 7.57. The highest BCUT2D eigenvalue weighted by Gasteiger charge is 2.34. The van der Waals surface area contributed by atoms with Crippen molar-refractivity contribution in [2.75, 3.05) is 5.75 Å². The van der Waals surface area contributed by atoms with Crippen LogP contribution in [0.1, 0.15) is 19.8 Å². The van der Waals surface area contributed by atoms with E-state index in [4.69, 9.17) is 23.5 Å². The van der Waals surface area contributed by atoms with E-state index in [-0.39, 0.29) is 0 Å². The van der Waals surface area contributed by atoms with Gasteiger partial charge in [0, 0.05) is 0 Å². The number of hydrogen-bond acceptors (Lipinski definition) is 1. The standard InChI is InChI=1S/C6H10B3FS/c1-5(7,10)6(8,9)3-2-4-11/h11H,2-4H2,1H3. The van der Waals surface area contributed by atoms with E-state index in [2.05, 4.69) is 12.6 Å². The van der Waals surface area contributed by atoms with Crippen LogP contribution in [0.4, 0.5) is 4.39 Å². The minimum atomic E-state index is -2.03. The first-order chi connectivity index (χ1) is 4.81. The number of thiol groups is 1. The van der Waals surface area contributed by atoms with Crippen LogP contribution < -0.4 is 0 Å². The van der Waals surface area contributed by atoms with Gasteiger partial charge in [0.25, 0.3) is 0 Å². The van der Waals surface area contributed by atoms with E-state index in [0.717, 1.165) is 0 Å². The van der Waals surface area contributed by atoms with Gasteiger partial charge in [-0.1, -0.05) is 11.6 Å². The van der Waals surface area contributed by atoms with E-state index < -0.39 is 10.8 Å². The Balaban J connectivity index is 4.00. The van der Waals surface area contributed by atoms with Crippen molar-refractivity contribution in [2.24, 2.45) is 0 Å². The highest BCUT2D eigenvalue weighted by atomic mass is 32.1. The summed E-state index contributed by atoms with van der Waals surface area (Å²) in [7, 11) is 16.0. The fourth-order valence-electron chi connectivity index (χ4n) is 0.616. The molecular weight excluding hydrogens is 156 g/mol. The monoisotopic (exact) mass is 166 g/mol. The number of halogens is 1. The summed E-state index contributed by atoms with van der Waals surface area (Å²) >= 11 is 3.95. The maximum Gasteiger partial charge on any atom is 0.119 e. The van der Waals surface area contributed by atoms with Crippen LogP contribution in [0.3, 0.4) is 0 Å². The fraction of sp³-hybridized carbons (Fsp3) is 1.00. The van der Waals surface area contributed by atoms with Crippen LogP contribution in [0.15, 0.2) is 0 Å². The molecule has 0 bridgehead atoms. The zero-order valence-electron chi connectivity index (χ0n) is 6.68. The van der Waals surface area contributed by atoms with Crippen LogP contribution in [0.2, 0.25) is 5.21 Å². The molecule has 0 aliphatic heterocycles. The van der Waals surface area contributed by atoms with Crippen molar-refractivity contribution >= 4 is 36.2 Å². The molecule has 0 rings (SSSR count). The lowest BCUT2D eigenvalue weighted by atomic mass is 9.41. The minimum Gasteiger partial charge on any atom is -0.256 e. The molecule has 5 heteroatoms. The van der Waals surface area contributed by atoms with Crippen LogP contribution in [0.5, 0.6) is 0 Å². The SMILES string of the molecule is [B]C(C)(F)C([B])([B])CCCS. The maximum absolute atomic E-state index is 13.0. The van der Waals surface area contributed by atoms with E-state index in [1.165, 1.54) is 6.92 Å². The molecular formula is C6H10B3FS. The highest BCUT2D eigenvalue weighted by Crippen LogP contribution is 2.37. The molecule has 1 unspecified atom stereocenters. The van der Waals surface area contributed by atoms with E-state index >= 15 is 0 Å². The molecule has 1 atom stereocenters. The van der Waals surface area contributed by atoms with Gasteiger partial charge in [0.15, 0.2) is 0 Å². The molecule has 0 spiro atoms. The normalized spacial score (nSPS) is 17.7. The van der Waals surface area contributed by atoms with Crippen LogP contribution in [0, 0.1) is 0 Å². The maximum atomic E-state index is 13.0. The van der Waals surface area contributed by atoms with Gasteiger partial charge in [0.05, 0.1) is 21.3 Å². The largest absolute Gasteiger partial charge is 0.256 e. The highest BCUT2D eigenvalue weighted by molar-refractivity contribution is 7.80. The predicted octanol–water partition coefficient (Wildman–Crippen LogP) is 1.00.